The molecule has 1 saturated heterocycles. The summed E-state index contributed by atoms with van der Waals surface area (Å²) in [5.41, 5.74) is 5.58. The SMILES string of the molecule is O=C(NNC(=O)C1CCN(S(=O)(=O)Cc2ccccc2)CC1)c1ccc(Br)s1. The lowest BCUT2D eigenvalue weighted by molar-refractivity contribution is -0.126. The van der Waals surface area contributed by atoms with Gasteiger partial charge in [-0.15, -0.1) is 11.3 Å². The Morgan fingerprint density at radius 1 is 1.07 bits per heavy atom. The quantitative estimate of drug-likeness (QED) is 0.635. The molecule has 10 heteroatoms. The van der Waals surface area contributed by atoms with E-state index in [0.717, 1.165) is 9.35 Å². The number of amides is 2. The van der Waals surface area contributed by atoms with E-state index < -0.39 is 10.0 Å². The molecule has 7 nitrogen and oxygen atoms in total. The second-order valence-corrected chi connectivity index (χ2v) is 10.9. The molecule has 0 unspecified atom stereocenters. The smallest absolute Gasteiger partial charge is 0.273 e. The zero-order valence-electron chi connectivity index (χ0n) is 14.9. The monoisotopic (exact) mass is 485 g/mol. The molecule has 150 valence electrons. The third-order valence-corrected chi connectivity index (χ3v) is 7.98. The summed E-state index contributed by atoms with van der Waals surface area (Å²) in [6.07, 6.45) is 0.834. The van der Waals surface area contributed by atoms with Crippen LogP contribution in [0.2, 0.25) is 0 Å². The highest BCUT2D eigenvalue weighted by Crippen LogP contribution is 2.23. The van der Waals surface area contributed by atoms with Crippen molar-refractivity contribution in [2.45, 2.75) is 18.6 Å². The van der Waals surface area contributed by atoms with Crippen LogP contribution >= 0.6 is 27.3 Å². The Labute approximate surface area is 176 Å². The van der Waals surface area contributed by atoms with Crippen LogP contribution in [0.25, 0.3) is 0 Å². The topological polar surface area (TPSA) is 95.6 Å². The van der Waals surface area contributed by atoms with Crippen molar-refractivity contribution in [1.82, 2.24) is 15.2 Å². The Bertz CT molecular complexity index is 939. The molecule has 2 heterocycles. The van der Waals surface area contributed by atoms with Gasteiger partial charge in [0.2, 0.25) is 15.9 Å². The molecule has 3 rings (SSSR count). The van der Waals surface area contributed by atoms with Crippen LogP contribution in [0.15, 0.2) is 46.3 Å². The van der Waals surface area contributed by atoms with Gasteiger partial charge in [-0.3, -0.25) is 20.4 Å². The number of hydrogen-bond acceptors (Lipinski definition) is 5. The Balaban J connectivity index is 1.47. The number of nitrogens with one attached hydrogen (secondary N) is 2. The summed E-state index contributed by atoms with van der Waals surface area (Å²) in [5.74, 6) is -1.06. The molecule has 1 aliphatic heterocycles. The third kappa shape index (κ3) is 5.40. The van der Waals surface area contributed by atoms with Crippen molar-refractivity contribution in [2.24, 2.45) is 5.92 Å². The van der Waals surface area contributed by atoms with E-state index in [-0.39, 0.29) is 23.5 Å². The fraction of sp³-hybridized carbons (Fsp3) is 0.333. The van der Waals surface area contributed by atoms with Crippen LogP contribution in [0, 0.1) is 5.92 Å². The van der Waals surface area contributed by atoms with Crippen molar-refractivity contribution in [3.8, 4) is 0 Å². The first-order chi connectivity index (χ1) is 13.3. The van der Waals surface area contributed by atoms with Gasteiger partial charge in [0, 0.05) is 19.0 Å². The summed E-state index contributed by atoms with van der Waals surface area (Å²) in [6, 6.07) is 12.4. The normalized spacial score (nSPS) is 15.9. The van der Waals surface area contributed by atoms with E-state index in [9.17, 15) is 18.0 Å². The summed E-state index contributed by atoms with van der Waals surface area (Å²) >= 11 is 4.55. The van der Waals surface area contributed by atoms with Gasteiger partial charge in [0.1, 0.15) is 0 Å². The summed E-state index contributed by atoms with van der Waals surface area (Å²) in [7, 11) is -3.42. The van der Waals surface area contributed by atoms with Crippen molar-refractivity contribution in [3.05, 3.63) is 56.7 Å². The molecule has 0 saturated carbocycles. The number of benzene rings is 1. The predicted molar refractivity (Wildman–Crippen MR) is 111 cm³/mol. The Kier molecular flexibility index (Phi) is 6.86. The molecule has 2 amide bonds. The summed E-state index contributed by atoms with van der Waals surface area (Å²) in [5, 5.41) is 0. The maximum atomic E-state index is 12.6. The molecule has 2 N–H and O–H groups in total. The summed E-state index contributed by atoms with van der Waals surface area (Å²) in [4.78, 5) is 24.7. The molecule has 0 spiro atoms. The number of halogens is 1. The van der Waals surface area contributed by atoms with E-state index in [0.29, 0.717) is 30.8 Å². The van der Waals surface area contributed by atoms with E-state index in [1.807, 2.05) is 18.2 Å². The predicted octanol–water partition coefficient (Wildman–Crippen LogP) is 2.51. The first-order valence-electron chi connectivity index (χ1n) is 8.72. The molecule has 2 aromatic rings. The first-order valence-corrected chi connectivity index (χ1v) is 11.9. The highest BCUT2D eigenvalue weighted by atomic mass is 79.9. The van der Waals surface area contributed by atoms with Crippen molar-refractivity contribution >= 4 is 49.1 Å². The van der Waals surface area contributed by atoms with E-state index in [2.05, 4.69) is 26.8 Å². The number of thiophene rings is 1. The number of piperidine rings is 1. The largest absolute Gasteiger partial charge is 0.279 e. The van der Waals surface area contributed by atoms with Crippen molar-refractivity contribution < 1.29 is 18.0 Å². The van der Waals surface area contributed by atoms with Crippen LogP contribution in [0.1, 0.15) is 28.1 Å². The lowest BCUT2D eigenvalue weighted by atomic mass is 9.98. The zero-order chi connectivity index (χ0) is 20.1. The summed E-state index contributed by atoms with van der Waals surface area (Å²) < 4.78 is 27.4. The van der Waals surface area contributed by atoms with Crippen LogP contribution in [0.4, 0.5) is 0 Å². The second-order valence-electron chi connectivity index (χ2n) is 6.46. The lowest BCUT2D eigenvalue weighted by Crippen LogP contribution is -2.48. The fourth-order valence-electron chi connectivity index (χ4n) is 2.99. The highest BCUT2D eigenvalue weighted by Gasteiger charge is 2.31. The maximum absolute atomic E-state index is 12.6. The van der Waals surface area contributed by atoms with E-state index in [1.165, 1.54) is 15.6 Å². The second kappa shape index (κ2) is 9.17. The first kappa shape index (κ1) is 21.0. The Hall–Kier alpha value is -1.75. The number of carbonyl (C=O) groups is 2. The fourth-order valence-corrected chi connectivity index (χ4v) is 5.84. The Morgan fingerprint density at radius 3 is 2.36 bits per heavy atom. The van der Waals surface area contributed by atoms with Gasteiger partial charge in [0.15, 0.2) is 0 Å². The molecule has 0 atom stereocenters. The van der Waals surface area contributed by atoms with Gasteiger partial charge in [0.25, 0.3) is 5.91 Å². The highest BCUT2D eigenvalue weighted by molar-refractivity contribution is 9.11. The Morgan fingerprint density at radius 2 is 1.75 bits per heavy atom. The molecular weight excluding hydrogens is 466 g/mol. The van der Waals surface area contributed by atoms with Crippen LogP contribution in [-0.2, 0) is 20.6 Å². The van der Waals surface area contributed by atoms with Gasteiger partial charge in [0.05, 0.1) is 14.4 Å². The number of rotatable bonds is 5. The van der Waals surface area contributed by atoms with Gasteiger partial charge in [-0.1, -0.05) is 30.3 Å². The van der Waals surface area contributed by atoms with E-state index in [1.54, 1.807) is 24.3 Å². The summed E-state index contributed by atoms with van der Waals surface area (Å²) in [6.45, 7) is 0.581. The molecule has 1 aromatic heterocycles. The van der Waals surface area contributed by atoms with Crippen molar-refractivity contribution in [1.29, 1.82) is 0 Å². The van der Waals surface area contributed by atoms with Gasteiger partial charge in [-0.25, -0.2) is 12.7 Å². The molecular formula is C18H20BrN3O4S2. The maximum Gasteiger partial charge on any atom is 0.279 e. The van der Waals surface area contributed by atoms with Gasteiger partial charge in [-0.05, 0) is 46.5 Å². The van der Waals surface area contributed by atoms with Crippen LogP contribution in [-0.4, -0.2) is 37.6 Å². The van der Waals surface area contributed by atoms with E-state index in [4.69, 9.17) is 0 Å². The van der Waals surface area contributed by atoms with Crippen LogP contribution in [0.5, 0.6) is 0 Å². The zero-order valence-corrected chi connectivity index (χ0v) is 18.1. The molecule has 0 aliphatic carbocycles. The minimum Gasteiger partial charge on any atom is -0.273 e. The number of hydrazine groups is 1. The standard InChI is InChI=1S/C18H20BrN3O4S2/c19-16-7-6-15(27-16)18(24)21-20-17(23)14-8-10-22(11-9-14)28(25,26)12-13-4-2-1-3-5-13/h1-7,14H,8-12H2,(H,20,23)(H,21,24). The molecule has 0 radical (unpaired) electrons. The van der Waals surface area contributed by atoms with Crippen LogP contribution in [0.3, 0.4) is 0 Å². The molecule has 0 bridgehead atoms. The molecule has 1 aromatic carbocycles. The molecule has 1 fully saturated rings. The number of sulfonamides is 1. The minimum atomic E-state index is -3.42. The van der Waals surface area contributed by atoms with Gasteiger partial charge >= 0.3 is 0 Å². The third-order valence-electron chi connectivity index (χ3n) is 4.51. The van der Waals surface area contributed by atoms with Gasteiger partial charge < -0.3 is 0 Å². The van der Waals surface area contributed by atoms with Gasteiger partial charge in [-0.2, -0.15) is 0 Å². The average molecular weight is 486 g/mol. The molecule has 1 aliphatic rings. The van der Waals surface area contributed by atoms with Crippen molar-refractivity contribution in [3.63, 3.8) is 0 Å². The average Bonchev–Trinajstić information content (AvgIpc) is 3.13. The van der Waals surface area contributed by atoms with Crippen molar-refractivity contribution in [2.75, 3.05) is 13.1 Å². The number of hydrogen-bond donors (Lipinski definition) is 2. The van der Waals surface area contributed by atoms with E-state index >= 15 is 0 Å². The minimum absolute atomic E-state index is 0.0445. The number of nitrogens with zero attached hydrogens (tertiary/aromatic N) is 1. The lowest BCUT2D eigenvalue weighted by Gasteiger charge is -2.30. The number of carbonyl (C=O) groups excluding carboxylic acids is 2. The molecule has 28 heavy (non-hydrogen) atoms. The van der Waals surface area contributed by atoms with Crippen LogP contribution < -0.4 is 10.9 Å².